The summed E-state index contributed by atoms with van der Waals surface area (Å²) in [4.78, 5) is 2.66. The van der Waals surface area contributed by atoms with Crippen LogP contribution in [-0.2, 0) is 18.9 Å². The van der Waals surface area contributed by atoms with E-state index in [9.17, 15) is 0 Å². The van der Waals surface area contributed by atoms with Crippen LogP contribution in [0.5, 0.6) is 0 Å². The van der Waals surface area contributed by atoms with Crippen molar-refractivity contribution in [3.63, 3.8) is 0 Å². The lowest BCUT2D eigenvalue weighted by Gasteiger charge is -2.54. The monoisotopic (exact) mass is 296 g/mol. The van der Waals surface area contributed by atoms with Crippen LogP contribution in [0.3, 0.4) is 0 Å². The predicted octanol–water partition coefficient (Wildman–Crippen LogP) is 4.11. The number of aryl methyl sites for hydroxylation is 1. The van der Waals surface area contributed by atoms with E-state index in [-0.39, 0.29) is 0 Å². The Kier molecular flexibility index (Phi) is 3.16. The van der Waals surface area contributed by atoms with Gasteiger partial charge in [-0.3, -0.25) is 0 Å². The molecule has 0 spiro atoms. The molecule has 22 heavy (non-hydrogen) atoms. The number of benzene rings is 1. The average molecular weight is 296 g/mol. The van der Waals surface area contributed by atoms with Gasteiger partial charge in [0.1, 0.15) is 0 Å². The largest absolute Gasteiger partial charge is 0.350 e. The summed E-state index contributed by atoms with van der Waals surface area (Å²) >= 11 is 0. The predicted molar refractivity (Wildman–Crippen MR) is 93.4 cm³/mol. The highest BCUT2D eigenvalue weighted by molar-refractivity contribution is 5.89. The van der Waals surface area contributed by atoms with E-state index in [0.29, 0.717) is 11.5 Å². The summed E-state index contributed by atoms with van der Waals surface area (Å²) in [6, 6.07) is 7.65. The van der Waals surface area contributed by atoms with Gasteiger partial charge in [0.25, 0.3) is 0 Å². The van der Waals surface area contributed by atoms with Crippen LogP contribution < -0.4 is 0 Å². The van der Waals surface area contributed by atoms with Crippen LogP contribution in [0.4, 0.5) is 0 Å². The number of hydrogen-bond donors (Lipinski definition) is 0. The molecule has 2 aromatic rings. The van der Waals surface area contributed by atoms with Gasteiger partial charge in [0.2, 0.25) is 0 Å². The molecule has 1 fully saturated rings. The van der Waals surface area contributed by atoms with Crippen molar-refractivity contribution in [3.05, 3.63) is 35.5 Å². The van der Waals surface area contributed by atoms with Crippen LogP contribution in [0, 0.1) is 5.92 Å². The molecule has 2 nitrogen and oxygen atoms in total. The van der Waals surface area contributed by atoms with Crippen LogP contribution in [0.2, 0.25) is 0 Å². The van der Waals surface area contributed by atoms with Gasteiger partial charge in [-0.1, -0.05) is 32.4 Å². The van der Waals surface area contributed by atoms with Gasteiger partial charge >= 0.3 is 0 Å². The van der Waals surface area contributed by atoms with Crippen LogP contribution in [-0.4, -0.2) is 29.1 Å². The van der Waals surface area contributed by atoms with E-state index >= 15 is 0 Å². The Balaban J connectivity index is 1.98. The van der Waals surface area contributed by atoms with Gasteiger partial charge in [-0.15, -0.1) is 0 Å². The maximum Gasteiger partial charge on any atom is 0.0483 e. The molecule has 1 aliphatic heterocycles. The van der Waals surface area contributed by atoms with Crippen molar-refractivity contribution >= 4 is 10.9 Å². The van der Waals surface area contributed by atoms with Gasteiger partial charge in [-0.25, -0.2) is 0 Å². The van der Waals surface area contributed by atoms with Crippen molar-refractivity contribution < 1.29 is 0 Å². The van der Waals surface area contributed by atoms with E-state index in [1.165, 1.54) is 37.7 Å². The molecule has 0 amide bonds. The molecule has 0 radical (unpaired) electrons. The molecular weight excluding hydrogens is 268 g/mol. The Hall–Kier alpha value is -1.28. The topological polar surface area (TPSA) is 8.17 Å². The fourth-order valence-electron chi connectivity index (χ4n) is 5.47. The van der Waals surface area contributed by atoms with E-state index < -0.39 is 0 Å². The summed E-state index contributed by atoms with van der Waals surface area (Å²) in [5, 5.41) is 1.56. The van der Waals surface area contributed by atoms with E-state index in [0.717, 1.165) is 5.92 Å². The number of rotatable bonds is 2. The molecule has 1 aliphatic carbocycles. The first kappa shape index (κ1) is 14.3. The lowest BCUT2D eigenvalue weighted by atomic mass is 9.59. The van der Waals surface area contributed by atoms with Gasteiger partial charge in [0, 0.05) is 42.1 Å². The van der Waals surface area contributed by atoms with Gasteiger partial charge in [-0.2, -0.15) is 0 Å². The molecule has 3 atom stereocenters. The van der Waals surface area contributed by atoms with Crippen LogP contribution in [0.25, 0.3) is 10.9 Å². The van der Waals surface area contributed by atoms with Crippen LogP contribution in [0.1, 0.15) is 44.2 Å². The second kappa shape index (κ2) is 4.86. The minimum absolute atomic E-state index is 0.349. The number of nitrogens with zero attached hydrogens (tertiary/aromatic N) is 2. The third-order valence-electron chi connectivity index (χ3n) is 6.62. The normalized spacial score (nSPS) is 31.5. The third-order valence-corrected chi connectivity index (χ3v) is 6.62. The van der Waals surface area contributed by atoms with Gasteiger partial charge in [-0.05, 0) is 49.4 Å². The zero-order valence-corrected chi connectivity index (χ0v) is 14.4. The summed E-state index contributed by atoms with van der Waals surface area (Å²) in [6.45, 7) is 6.03. The van der Waals surface area contributed by atoms with Crippen molar-refractivity contribution in [2.24, 2.45) is 13.0 Å². The Morgan fingerprint density at radius 1 is 1.23 bits per heavy atom. The molecule has 1 aromatic carbocycles. The minimum Gasteiger partial charge on any atom is -0.350 e. The van der Waals surface area contributed by atoms with Crippen molar-refractivity contribution in [2.45, 2.75) is 51.0 Å². The molecule has 0 bridgehead atoms. The Bertz CT molecular complexity index is 714. The highest BCUT2D eigenvalue weighted by Gasteiger charge is 2.49. The van der Waals surface area contributed by atoms with E-state index in [1.807, 2.05) is 0 Å². The van der Waals surface area contributed by atoms with Crippen molar-refractivity contribution in [2.75, 3.05) is 13.6 Å². The number of hydrogen-bond acceptors (Lipinski definition) is 1. The molecule has 0 N–H and O–H groups in total. The summed E-state index contributed by atoms with van der Waals surface area (Å²) < 4.78 is 2.33. The molecule has 1 aromatic heterocycles. The lowest BCUT2D eigenvalue weighted by molar-refractivity contribution is 0.0442. The van der Waals surface area contributed by atoms with Gasteiger partial charge in [0.05, 0.1) is 0 Å². The van der Waals surface area contributed by atoms with E-state index in [1.54, 1.807) is 16.5 Å². The quantitative estimate of drug-likeness (QED) is 0.809. The Labute approximate surface area is 134 Å². The average Bonchev–Trinajstić information content (AvgIpc) is 2.86. The smallest absolute Gasteiger partial charge is 0.0483 e. The van der Waals surface area contributed by atoms with Crippen molar-refractivity contribution in [1.29, 1.82) is 0 Å². The van der Waals surface area contributed by atoms with Gasteiger partial charge < -0.3 is 9.47 Å². The molecule has 0 saturated carbocycles. The maximum atomic E-state index is 2.66. The molecule has 118 valence electrons. The molecule has 2 heteroatoms. The van der Waals surface area contributed by atoms with Gasteiger partial charge in [0.15, 0.2) is 0 Å². The first-order chi connectivity index (χ1) is 10.6. The summed E-state index contributed by atoms with van der Waals surface area (Å²) in [5.41, 5.74) is 4.95. The van der Waals surface area contributed by atoms with E-state index in [4.69, 9.17) is 0 Å². The molecule has 1 saturated heterocycles. The van der Waals surface area contributed by atoms with E-state index in [2.05, 4.69) is 61.8 Å². The first-order valence-electron chi connectivity index (χ1n) is 8.88. The fraction of sp³-hybridized carbons (Fsp3) is 0.600. The zero-order valence-electron chi connectivity index (χ0n) is 14.4. The molecule has 2 heterocycles. The Morgan fingerprint density at radius 3 is 2.77 bits per heavy atom. The SMILES string of the molecule is CC[C@H]1CN(C)[C@@H]2Cc3cn(C)c4cccc(c34)C2(CC)C1. The minimum atomic E-state index is 0.349. The molecule has 1 unspecified atom stereocenters. The maximum absolute atomic E-state index is 2.66. The molecule has 4 rings (SSSR count). The zero-order chi connectivity index (χ0) is 15.5. The standard InChI is InChI=1S/C20H28N2/c1-5-14-11-20(6-2)16-8-7-9-17-19(16)15(13-21(17)3)10-18(20)22(4)12-14/h7-9,13-14,18H,5-6,10-12H2,1-4H3/t14-,18-,20?/m1/s1. The summed E-state index contributed by atoms with van der Waals surface area (Å²) in [7, 11) is 4.55. The number of aromatic nitrogens is 1. The summed E-state index contributed by atoms with van der Waals surface area (Å²) in [6.07, 6.45) is 7.51. The number of fused-ring (bicyclic) bond motifs is 2. The number of likely N-dealkylation sites (tertiary alicyclic amines) is 1. The van der Waals surface area contributed by atoms with Crippen LogP contribution >= 0.6 is 0 Å². The van der Waals surface area contributed by atoms with Crippen LogP contribution in [0.15, 0.2) is 24.4 Å². The van der Waals surface area contributed by atoms with Crippen molar-refractivity contribution in [1.82, 2.24) is 9.47 Å². The second-order valence-corrected chi connectivity index (χ2v) is 7.61. The first-order valence-corrected chi connectivity index (χ1v) is 8.88. The number of piperidine rings is 1. The highest BCUT2D eigenvalue weighted by atomic mass is 15.2. The third kappa shape index (κ3) is 1.70. The Morgan fingerprint density at radius 2 is 2.05 bits per heavy atom. The second-order valence-electron chi connectivity index (χ2n) is 7.61. The molecule has 2 aliphatic rings. The summed E-state index contributed by atoms with van der Waals surface area (Å²) in [5.74, 6) is 0.835. The highest BCUT2D eigenvalue weighted by Crippen LogP contribution is 2.51. The molecular formula is C20H28N2. The lowest BCUT2D eigenvalue weighted by Crippen LogP contribution is -2.58. The fourth-order valence-corrected chi connectivity index (χ4v) is 5.47. The van der Waals surface area contributed by atoms with Crippen molar-refractivity contribution in [3.8, 4) is 0 Å². The number of likely N-dealkylation sites (N-methyl/N-ethyl adjacent to an activating group) is 1.